The average Bonchev–Trinajstić information content (AvgIpc) is 2.16. The first-order valence-electron chi connectivity index (χ1n) is 4.46. The second-order valence-electron chi connectivity index (χ2n) is 3.32. The summed E-state index contributed by atoms with van der Waals surface area (Å²) < 4.78 is 0. The molecule has 2 rings (SSSR count). The van der Waals surface area contributed by atoms with Gasteiger partial charge in [-0.05, 0) is 25.5 Å². The number of nitrogens with zero attached hydrogens (tertiary/aromatic N) is 2. The van der Waals surface area contributed by atoms with E-state index in [9.17, 15) is 0 Å². The van der Waals surface area contributed by atoms with Crippen molar-refractivity contribution in [2.24, 2.45) is 0 Å². The SMILES string of the molecule is CC(=N)c1ccc2cnc(C)nc2c1. The van der Waals surface area contributed by atoms with Crippen LogP contribution in [-0.2, 0) is 0 Å². The van der Waals surface area contributed by atoms with Crippen molar-refractivity contribution in [2.45, 2.75) is 13.8 Å². The van der Waals surface area contributed by atoms with Crippen molar-refractivity contribution < 1.29 is 0 Å². The number of hydrogen-bond acceptors (Lipinski definition) is 3. The van der Waals surface area contributed by atoms with Crippen LogP contribution in [0.15, 0.2) is 24.4 Å². The second-order valence-corrected chi connectivity index (χ2v) is 3.32. The van der Waals surface area contributed by atoms with Gasteiger partial charge in [0, 0.05) is 17.3 Å². The Morgan fingerprint density at radius 3 is 2.86 bits per heavy atom. The molecule has 70 valence electrons. The Morgan fingerprint density at radius 1 is 1.36 bits per heavy atom. The quantitative estimate of drug-likeness (QED) is 0.693. The molecule has 1 aromatic heterocycles. The van der Waals surface area contributed by atoms with E-state index in [1.54, 1.807) is 13.1 Å². The van der Waals surface area contributed by atoms with E-state index in [1.807, 2.05) is 25.1 Å². The molecule has 0 aliphatic carbocycles. The van der Waals surface area contributed by atoms with Crippen molar-refractivity contribution in [3.63, 3.8) is 0 Å². The Bertz CT molecular complexity index is 503. The Morgan fingerprint density at radius 2 is 2.14 bits per heavy atom. The number of aryl methyl sites for hydroxylation is 1. The summed E-state index contributed by atoms with van der Waals surface area (Å²) in [5, 5.41) is 8.54. The lowest BCUT2D eigenvalue weighted by atomic mass is 10.1. The molecule has 0 fully saturated rings. The molecule has 1 N–H and O–H groups in total. The number of rotatable bonds is 1. The zero-order valence-corrected chi connectivity index (χ0v) is 8.20. The lowest BCUT2D eigenvalue weighted by molar-refractivity contribution is 1.09. The van der Waals surface area contributed by atoms with Crippen molar-refractivity contribution >= 4 is 16.6 Å². The molecular weight excluding hydrogens is 174 g/mol. The van der Waals surface area contributed by atoms with Gasteiger partial charge in [-0.2, -0.15) is 0 Å². The fraction of sp³-hybridized carbons (Fsp3) is 0.182. The summed E-state index contributed by atoms with van der Waals surface area (Å²) in [5.74, 6) is 0.761. The molecule has 0 aliphatic heterocycles. The van der Waals surface area contributed by atoms with Crippen LogP contribution in [0.2, 0.25) is 0 Å². The molecule has 0 saturated heterocycles. The van der Waals surface area contributed by atoms with E-state index in [1.165, 1.54) is 0 Å². The molecule has 1 heterocycles. The van der Waals surface area contributed by atoms with Gasteiger partial charge in [-0.15, -0.1) is 0 Å². The van der Waals surface area contributed by atoms with Gasteiger partial charge in [-0.3, -0.25) is 0 Å². The zero-order chi connectivity index (χ0) is 10.1. The van der Waals surface area contributed by atoms with Gasteiger partial charge >= 0.3 is 0 Å². The van der Waals surface area contributed by atoms with Crippen LogP contribution >= 0.6 is 0 Å². The van der Waals surface area contributed by atoms with Crippen LogP contribution in [0.5, 0.6) is 0 Å². The van der Waals surface area contributed by atoms with Gasteiger partial charge in [0.25, 0.3) is 0 Å². The maximum absolute atomic E-state index is 7.52. The highest BCUT2D eigenvalue weighted by atomic mass is 14.9. The smallest absolute Gasteiger partial charge is 0.125 e. The number of fused-ring (bicyclic) bond motifs is 1. The Hall–Kier alpha value is -1.77. The summed E-state index contributed by atoms with van der Waals surface area (Å²) in [4.78, 5) is 8.43. The van der Waals surface area contributed by atoms with Crippen molar-refractivity contribution in [1.29, 1.82) is 5.41 Å². The van der Waals surface area contributed by atoms with Gasteiger partial charge in [0.1, 0.15) is 5.82 Å². The predicted octanol–water partition coefficient (Wildman–Crippen LogP) is 2.33. The maximum atomic E-state index is 7.52. The summed E-state index contributed by atoms with van der Waals surface area (Å²) in [5.41, 5.74) is 2.38. The van der Waals surface area contributed by atoms with E-state index >= 15 is 0 Å². The van der Waals surface area contributed by atoms with Gasteiger partial charge in [0.15, 0.2) is 0 Å². The van der Waals surface area contributed by atoms with Crippen molar-refractivity contribution in [2.75, 3.05) is 0 Å². The summed E-state index contributed by atoms with van der Waals surface area (Å²) in [6, 6.07) is 5.79. The van der Waals surface area contributed by atoms with Crippen molar-refractivity contribution in [3.05, 3.63) is 35.8 Å². The molecule has 2 aromatic rings. The molecule has 0 radical (unpaired) electrons. The molecule has 0 atom stereocenters. The third-order valence-corrected chi connectivity index (χ3v) is 2.14. The molecule has 0 bridgehead atoms. The van der Waals surface area contributed by atoms with Crippen LogP contribution in [0, 0.1) is 12.3 Å². The first-order valence-corrected chi connectivity index (χ1v) is 4.46. The first kappa shape index (κ1) is 8.81. The fourth-order valence-corrected chi connectivity index (χ4v) is 1.35. The second kappa shape index (κ2) is 3.18. The van der Waals surface area contributed by atoms with Crippen LogP contribution < -0.4 is 0 Å². The topological polar surface area (TPSA) is 49.6 Å². The van der Waals surface area contributed by atoms with Gasteiger partial charge < -0.3 is 5.41 Å². The summed E-state index contributed by atoms with van der Waals surface area (Å²) in [6.45, 7) is 3.64. The van der Waals surface area contributed by atoms with E-state index in [0.717, 1.165) is 22.3 Å². The molecule has 0 aliphatic rings. The monoisotopic (exact) mass is 185 g/mol. The van der Waals surface area contributed by atoms with Crippen molar-refractivity contribution in [3.8, 4) is 0 Å². The third-order valence-electron chi connectivity index (χ3n) is 2.14. The van der Waals surface area contributed by atoms with Gasteiger partial charge in [-0.1, -0.05) is 12.1 Å². The van der Waals surface area contributed by atoms with Gasteiger partial charge in [-0.25, -0.2) is 9.97 Å². The average molecular weight is 185 g/mol. The highest BCUT2D eigenvalue weighted by molar-refractivity contribution is 5.99. The molecule has 0 spiro atoms. The lowest BCUT2D eigenvalue weighted by Crippen LogP contribution is -1.94. The van der Waals surface area contributed by atoms with Crippen LogP contribution in [0.3, 0.4) is 0 Å². The van der Waals surface area contributed by atoms with Crippen molar-refractivity contribution in [1.82, 2.24) is 9.97 Å². The molecule has 3 heteroatoms. The largest absolute Gasteiger partial charge is 0.305 e. The first-order chi connectivity index (χ1) is 6.66. The molecule has 3 nitrogen and oxygen atoms in total. The standard InChI is InChI=1S/C11H11N3/c1-7(12)9-3-4-10-6-13-8(2)14-11(10)5-9/h3-6,12H,1-2H3. The van der Waals surface area contributed by atoms with E-state index < -0.39 is 0 Å². The van der Waals surface area contributed by atoms with Crippen LogP contribution in [0.25, 0.3) is 10.9 Å². The number of hydrogen-bond donors (Lipinski definition) is 1. The summed E-state index contributed by atoms with van der Waals surface area (Å²) in [6.07, 6.45) is 1.81. The fourth-order valence-electron chi connectivity index (χ4n) is 1.35. The highest BCUT2D eigenvalue weighted by Crippen LogP contribution is 2.13. The molecular formula is C11H11N3. The van der Waals surface area contributed by atoms with E-state index in [4.69, 9.17) is 5.41 Å². The normalized spacial score (nSPS) is 10.4. The van der Waals surface area contributed by atoms with Crippen LogP contribution in [-0.4, -0.2) is 15.7 Å². The molecule has 1 aromatic carbocycles. The summed E-state index contributed by atoms with van der Waals surface area (Å²) in [7, 11) is 0. The maximum Gasteiger partial charge on any atom is 0.125 e. The minimum absolute atomic E-state index is 0.558. The highest BCUT2D eigenvalue weighted by Gasteiger charge is 1.99. The number of nitrogens with one attached hydrogen (secondary N) is 1. The third kappa shape index (κ3) is 1.48. The lowest BCUT2D eigenvalue weighted by Gasteiger charge is -2.01. The zero-order valence-electron chi connectivity index (χ0n) is 8.20. The molecule has 0 unspecified atom stereocenters. The van der Waals surface area contributed by atoms with Gasteiger partial charge in [0.2, 0.25) is 0 Å². The van der Waals surface area contributed by atoms with Gasteiger partial charge in [0.05, 0.1) is 5.52 Å². The minimum atomic E-state index is 0.558. The number of benzene rings is 1. The summed E-state index contributed by atoms with van der Waals surface area (Å²) >= 11 is 0. The Kier molecular flexibility index (Phi) is 2.00. The minimum Gasteiger partial charge on any atom is -0.305 e. The van der Waals surface area contributed by atoms with Crippen LogP contribution in [0.1, 0.15) is 18.3 Å². The molecule has 14 heavy (non-hydrogen) atoms. The van der Waals surface area contributed by atoms with Crippen LogP contribution in [0.4, 0.5) is 0 Å². The predicted molar refractivity (Wildman–Crippen MR) is 56.8 cm³/mol. The van der Waals surface area contributed by atoms with E-state index in [-0.39, 0.29) is 0 Å². The molecule has 0 saturated carbocycles. The molecule has 0 amide bonds. The van der Waals surface area contributed by atoms with E-state index in [0.29, 0.717) is 5.71 Å². The number of aromatic nitrogens is 2. The van der Waals surface area contributed by atoms with E-state index in [2.05, 4.69) is 9.97 Å². The Labute approximate surface area is 82.3 Å². The Balaban J connectivity index is 2.69.